The number of para-hydroxylation sites is 1. The molecule has 0 radical (unpaired) electrons. The molecule has 10 rings (SSSR count). The van der Waals surface area contributed by atoms with E-state index in [0.717, 1.165) is 22.6 Å². The van der Waals surface area contributed by atoms with Crippen LogP contribution in [0, 0.1) is 0 Å². The molecule has 2 N–H and O–H groups in total. The number of nitrogens with one attached hydrogen (secondary N) is 2. The van der Waals surface area contributed by atoms with Gasteiger partial charge in [-0.1, -0.05) is 147 Å². The van der Waals surface area contributed by atoms with Crippen LogP contribution in [0.25, 0.3) is 33.4 Å². The van der Waals surface area contributed by atoms with Crippen LogP contribution in [-0.4, -0.2) is 5.84 Å². The van der Waals surface area contributed by atoms with Crippen LogP contribution < -0.4 is 15.5 Å². The molecule has 2 atom stereocenters. The van der Waals surface area contributed by atoms with E-state index in [1.165, 1.54) is 61.4 Å². The Kier molecular flexibility index (Phi) is 7.02. The number of rotatable bonds is 4. The van der Waals surface area contributed by atoms with E-state index < -0.39 is 0 Å². The summed E-state index contributed by atoms with van der Waals surface area (Å²) in [6, 6.07) is 61.3. The van der Waals surface area contributed by atoms with Crippen molar-refractivity contribution < 1.29 is 0 Å². The minimum Gasteiger partial charge on any atom is -0.350 e. The number of benzene rings is 7. The van der Waals surface area contributed by atoms with Crippen LogP contribution in [0.1, 0.15) is 54.0 Å². The molecule has 2 aliphatic heterocycles. The summed E-state index contributed by atoms with van der Waals surface area (Å²) >= 11 is 0. The van der Waals surface area contributed by atoms with E-state index in [0.29, 0.717) is 0 Å². The number of fused-ring (bicyclic) bond motifs is 9. The Hall–Kier alpha value is -6.23. The molecule has 2 heterocycles. The molecule has 4 heteroatoms. The smallest absolute Gasteiger partial charge is 0.131 e. The highest BCUT2D eigenvalue weighted by Gasteiger charge is 2.40. The summed E-state index contributed by atoms with van der Waals surface area (Å²) in [6.07, 6.45) is -0.268. The maximum absolute atomic E-state index is 5.21. The molecular weight excluding hydrogens is 633 g/mol. The van der Waals surface area contributed by atoms with Crippen LogP contribution in [0.15, 0.2) is 175 Å². The normalized spacial score (nSPS) is 17.7. The van der Waals surface area contributed by atoms with Crippen LogP contribution >= 0.6 is 0 Å². The van der Waals surface area contributed by atoms with Gasteiger partial charge >= 0.3 is 0 Å². The second kappa shape index (κ2) is 11.9. The molecule has 3 aliphatic rings. The summed E-state index contributed by atoms with van der Waals surface area (Å²) in [5, 5.41) is 7.42. The molecule has 0 fully saturated rings. The molecule has 0 bridgehead atoms. The molecular formula is C48H38N4. The lowest BCUT2D eigenvalue weighted by molar-refractivity contribution is 0.409. The van der Waals surface area contributed by atoms with E-state index in [1.807, 2.05) is 6.07 Å². The van der Waals surface area contributed by atoms with Crippen molar-refractivity contribution in [3.8, 4) is 33.4 Å². The van der Waals surface area contributed by atoms with Gasteiger partial charge in [0.2, 0.25) is 0 Å². The molecule has 7 aromatic carbocycles. The Morgan fingerprint density at radius 3 is 1.88 bits per heavy atom. The number of hydrogen-bond acceptors (Lipinski definition) is 4. The molecule has 1 aliphatic carbocycles. The maximum atomic E-state index is 5.21. The van der Waals surface area contributed by atoms with Gasteiger partial charge in [0.25, 0.3) is 0 Å². The van der Waals surface area contributed by atoms with Crippen LogP contribution in [0.3, 0.4) is 0 Å². The average molecular weight is 671 g/mol. The van der Waals surface area contributed by atoms with Gasteiger partial charge < -0.3 is 10.2 Å². The number of amidine groups is 1. The zero-order valence-electron chi connectivity index (χ0n) is 29.2. The van der Waals surface area contributed by atoms with Crippen molar-refractivity contribution >= 4 is 22.9 Å². The van der Waals surface area contributed by atoms with Gasteiger partial charge in [-0.25, -0.2) is 4.99 Å². The Morgan fingerprint density at radius 1 is 0.519 bits per heavy atom. The van der Waals surface area contributed by atoms with Gasteiger partial charge in [0, 0.05) is 27.8 Å². The third kappa shape index (κ3) is 4.75. The van der Waals surface area contributed by atoms with Crippen molar-refractivity contribution in [2.45, 2.75) is 31.6 Å². The van der Waals surface area contributed by atoms with Gasteiger partial charge in [-0.2, -0.15) is 0 Å². The summed E-state index contributed by atoms with van der Waals surface area (Å²) in [7, 11) is 0. The van der Waals surface area contributed by atoms with Gasteiger partial charge in [0.15, 0.2) is 0 Å². The topological polar surface area (TPSA) is 39.7 Å². The minimum absolute atomic E-state index is 0.0870. The first-order chi connectivity index (χ1) is 25.6. The van der Waals surface area contributed by atoms with E-state index >= 15 is 0 Å². The van der Waals surface area contributed by atoms with E-state index in [9.17, 15) is 0 Å². The van der Waals surface area contributed by atoms with Gasteiger partial charge in [0.05, 0.1) is 11.4 Å². The van der Waals surface area contributed by atoms with E-state index in [1.54, 1.807) is 0 Å². The molecule has 7 aromatic rings. The maximum Gasteiger partial charge on any atom is 0.131 e. The summed E-state index contributed by atoms with van der Waals surface area (Å²) in [5.74, 6) is 0.870. The minimum atomic E-state index is -0.181. The van der Waals surface area contributed by atoms with Gasteiger partial charge in [0.1, 0.15) is 18.2 Å². The summed E-state index contributed by atoms with van der Waals surface area (Å²) in [5.41, 5.74) is 17.1. The molecule has 0 amide bonds. The van der Waals surface area contributed by atoms with E-state index in [-0.39, 0.29) is 17.7 Å². The third-order valence-corrected chi connectivity index (χ3v) is 11.1. The molecule has 250 valence electrons. The molecule has 0 saturated heterocycles. The van der Waals surface area contributed by atoms with Crippen molar-refractivity contribution in [2.75, 3.05) is 4.90 Å². The molecule has 4 nitrogen and oxygen atoms in total. The quantitative estimate of drug-likeness (QED) is 0.196. The lowest BCUT2D eigenvalue weighted by Gasteiger charge is -2.33. The second-order valence-electron chi connectivity index (χ2n) is 14.4. The van der Waals surface area contributed by atoms with Crippen molar-refractivity contribution in [1.29, 1.82) is 0 Å². The first-order valence-electron chi connectivity index (χ1n) is 18.1. The Bertz CT molecular complexity index is 2500. The average Bonchev–Trinajstić information content (AvgIpc) is 3.36. The fourth-order valence-electron chi connectivity index (χ4n) is 8.66. The van der Waals surface area contributed by atoms with Gasteiger partial charge in [-0.15, -0.1) is 0 Å². The fourth-order valence-corrected chi connectivity index (χ4v) is 8.66. The van der Waals surface area contributed by atoms with Crippen LogP contribution in [-0.2, 0) is 5.41 Å². The fraction of sp³-hybridized carbons (Fsp3) is 0.104. The standard InChI is InChI=1S/C48H38N4/c1-48(2)40-23-13-11-20-36(40)39-29-30-42-43(44(39)48)38-22-10-9-19-35(38)37-21-12-14-24-41(37)52(42)34-27-25-33(26-28-34)47-50-45(31-15-5-3-6-16-31)49-46(51-47)32-17-7-4-8-18-32/h3-30,45-46,49H,1-2H3,(H,50,51). The van der Waals surface area contributed by atoms with Crippen molar-refractivity contribution in [1.82, 2.24) is 10.6 Å². The molecule has 0 aromatic heterocycles. The van der Waals surface area contributed by atoms with Crippen molar-refractivity contribution in [3.05, 3.63) is 198 Å². The summed E-state index contributed by atoms with van der Waals surface area (Å²) < 4.78 is 0. The van der Waals surface area contributed by atoms with Crippen LogP contribution in [0.4, 0.5) is 17.1 Å². The SMILES string of the molecule is CC1(C)c2ccccc2-c2ccc3c(c21)-c1ccccc1-c1ccccc1N3c1ccc(C2=NC(c3ccccc3)NC(c3ccccc3)N2)cc1. The number of aliphatic imine (C=N–C) groups is 1. The number of nitrogens with zero attached hydrogens (tertiary/aromatic N) is 2. The summed E-state index contributed by atoms with van der Waals surface area (Å²) in [4.78, 5) is 7.67. The predicted octanol–water partition coefficient (Wildman–Crippen LogP) is 11.4. The molecule has 52 heavy (non-hydrogen) atoms. The number of anilines is 3. The van der Waals surface area contributed by atoms with Gasteiger partial charge in [-0.3, -0.25) is 5.32 Å². The van der Waals surface area contributed by atoms with Gasteiger partial charge in [-0.05, 0) is 80.9 Å². The Labute approximate surface area is 305 Å². The highest BCUT2D eigenvalue weighted by molar-refractivity contribution is 6.07. The largest absolute Gasteiger partial charge is 0.350 e. The molecule has 0 saturated carbocycles. The monoisotopic (exact) mass is 670 g/mol. The van der Waals surface area contributed by atoms with Crippen molar-refractivity contribution in [2.24, 2.45) is 4.99 Å². The lowest BCUT2D eigenvalue weighted by Crippen LogP contribution is -2.44. The highest BCUT2D eigenvalue weighted by Crippen LogP contribution is 2.59. The molecule has 2 unspecified atom stereocenters. The first kappa shape index (κ1) is 30.6. The first-order valence-corrected chi connectivity index (χ1v) is 18.1. The van der Waals surface area contributed by atoms with Crippen LogP contribution in [0.5, 0.6) is 0 Å². The Balaban J connectivity index is 1.13. The zero-order chi connectivity index (χ0) is 34.8. The molecule has 0 spiro atoms. The third-order valence-electron chi connectivity index (χ3n) is 11.1. The number of hydrogen-bond donors (Lipinski definition) is 2. The summed E-state index contributed by atoms with van der Waals surface area (Å²) in [6.45, 7) is 4.77. The lowest BCUT2D eigenvalue weighted by atomic mass is 9.77. The zero-order valence-corrected chi connectivity index (χ0v) is 29.2. The van der Waals surface area contributed by atoms with E-state index in [4.69, 9.17) is 4.99 Å². The van der Waals surface area contributed by atoms with Crippen molar-refractivity contribution in [3.63, 3.8) is 0 Å². The van der Waals surface area contributed by atoms with Crippen LogP contribution in [0.2, 0.25) is 0 Å². The second-order valence-corrected chi connectivity index (χ2v) is 14.4. The highest BCUT2D eigenvalue weighted by atomic mass is 15.3. The Morgan fingerprint density at radius 2 is 1.13 bits per heavy atom. The van der Waals surface area contributed by atoms with E-state index in [2.05, 4.69) is 193 Å². The predicted molar refractivity (Wildman–Crippen MR) is 214 cm³/mol.